The molecule has 0 unspecified atom stereocenters. The van der Waals surface area contributed by atoms with E-state index < -0.39 is 0 Å². The molecule has 1 fully saturated rings. The lowest BCUT2D eigenvalue weighted by atomic mass is 10.2. The van der Waals surface area contributed by atoms with Crippen LogP contribution < -0.4 is 0 Å². The van der Waals surface area contributed by atoms with Crippen LogP contribution >= 0.6 is 0 Å². The van der Waals surface area contributed by atoms with Gasteiger partial charge in [-0.1, -0.05) is 6.07 Å². The van der Waals surface area contributed by atoms with Gasteiger partial charge in [-0.2, -0.15) is 5.26 Å². The highest BCUT2D eigenvalue weighted by atomic mass is 16.3. The number of nitrogens with zero attached hydrogens (tertiary/aromatic N) is 3. The maximum Gasteiger partial charge on any atom is 0.144 e. The molecule has 2 heterocycles. The highest BCUT2D eigenvalue weighted by molar-refractivity contribution is 5.30. The van der Waals surface area contributed by atoms with Crippen molar-refractivity contribution in [1.82, 2.24) is 9.88 Å². The molecule has 1 aromatic heterocycles. The molecule has 0 aromatic carbocycles. The summed E-state index contributed by atoms with van der Waals surface area (Å²) in [6.07, 6.45) is 2.23. The summed E-state index contributed by atoms with van der Waals surface area (Å²) in [5, 5.41) is 18.2. The third-order valence-corrected chi connectivity index (χ3v) is 2.64. The minimum Gasteiger partial charge on any atom is -0.392 e. The Labute approximate surface area is 88.8 Å². The lowest BCUT2D eigenvalue weighted by molar-refractivity contribution is 0.174. The first-order valence-electron chi connectivity index (χ1n) is 5.04. The molecule has 78 valence electrons. The SMILES string of the molecule is N#Cc1ncccc1CN1CC[C@H](O)C1. The van der Waals surface area contributed by atoms with Gasteiger partial charge in [0.05, 0.1) is 6.10 Å². The number of likely N-dealkylation sites (tertiary alicyclic amines) is 1. The summed E-state index contributed by atoms with van der Waals surface area (Å²) in [7, 11) is 0. The number of pyridine rings is 1. The molecule has 1 aliphatic rings. The van der Waals surface area contributed by atoms with E-state index in [0.29, 0.717) is 18.8 Å². The fourth-order valence-corrected chi connectivity index (χ4v) is 1.86. The van der Waals surface area contributed by atoms with Gasteiger partial charge in [0, 0.05) is 31.4 Å². The summed E-state index contributed by atoms with van der Waals surface area (Å²) in [5.41, 5.74) is 1.42. The largest absolute Gasteiger partial charge is 0.392 e. The zero-order chi connectivity index (χ0) is 10.7. The summed E-state index contributed by atoms with van der Waals surface area (Å²) in [6.45, 7) is 2.29. The minimum atomic E-state index is -0.216. The zero-order valence-corrected chi connectivity index (χ0v) is 8.43. The van der Waals surface area contributed by atoms with Crippen LogP contribution in [-0.4, -0.2) is 34.2 Å². The quantitative estimate of drug-likeness (QED) is 0.761. The molecule has 0 amide bonds. The fraction of sp³-hybridized carbons (Fsp3) is 0.455. The Bertz CT molecular complexity index is 386. The summed E-state index contributed by atoms with van der Waals surface area (Å²) >= 11 is 0. The van der Waals surface area contributed by atoms with Crippen molar-refractivity contribution in [1.29, 1.82) is 5.26 Å². The molecule has 1 aliphatic heterocycles. The Morgan fingerprint density at radius 3 is 3.20 bits per heavy atom. The van der Waals surface area contributed by atoms with Crippen molar-refractivity contribution in [2.75, 3.05) is 13.1 Å². The van der Waals surface area contributed by atoms with Crippen LogP contribution in [0.2, 0.25) is 0 Å². The van der Waals surface area contributed by atoms with Gasteiger partial charge in [-0.15, -0.1) is 0 Å². The molecule has 0 saturated carbocycles. The number of rotatable bonds is 2. The van der Waals surface area contributed by atoms with Gasteiger partial charge in [0.1, 0.15) is 11.8 Å². The van der Waals surface area contributed by atoms with Gasteiger partial charge in [-0.3, -0.25) is 4.90 Å². The van der Waals surface area contributed by atoms with E-state index in [1.165, 1.54) is 0 Å². The van der Waals surface area contributed by atoms with Crippen LogP contribution in [0.15, 0.2) is 18.3 Å². The average molecular weight is 203 g/mol. The van der Waals surface area contributed by atoms with E-state index in [9.17, 15) is 5.11 Å². The lowest BCUT2D eigenvalue weighted by Crippen LogP contribution is -2.22. The number of nitriles is 1. The summed E-state index contributed by atoms with van der Waals surface area (Å²) < 4.78 is 0. The van der Waals surface area contributed by atoms with Crippen molar-refractivity contribution >= 4 is 0 Å². The van der Waals surface area contributed by atoms with Crippen molar-refractivity contribution in [3.8, 4) is 6.07 Å². The van der Waals surface area contributed by atoms with Crippen LogP contribution in [0.1, 0.15) is 17.7 Å². The number of β-amino-alcohol motifs (C(OH)–C–C–N with tert-alkyl or cyclic N) is 1. The number of hydrogen-bond donors (Lipinski definition) is 1. The first-order chi connectivity index (χ1) is 7.29. The van der Waals surface area contributed by atoms with Gasteiger partial charge in [-0.05, 0) is 12.5 Å². The molecule has 4 heteroatoms. The highest BCUT2D eigenvalue weighted by Crippen LogP contribution is 2.14. The van der Waals surface area contributed by atoms with Crippen molar-refractivity contribution in [3.63, 3.8) is 0 Å². The van der Waals surface area contributed by atoms with E-state index in [4.69, 9.17) is 5.26 Å². The summed E-state index contributed by atoms with van der Waals surface area (Å²) in [4.78, 5) is 6.15. The first-order valence-corrected chi connectivity index (χ1v) is 5.04. The van der Waals surface area contributed by atoms with E-state index in [2.05, 4.69) is 16.0 Å². The van der Waals surface area contributed by atoms with E-state index in [1.54, 1.807) is 6.20 Å². The maximum atomic E-state index is 9.38. The van der Waals surface area contributed by atoms with Crippen LogP contribution in [0.4, 0.5) is 0 Å². The van der Waals surface area contributed by atoms with Gasteiger partial charge in [0.15, 0.2) is 0 Å². The predicted octanol–water partition coefficient (Wildman–Crippen LogP) is 0.520. The monoisotopic (exact) mass is 203 g/mol. The Morgan fingerprint density at radius 1 is 1.67 bits per heavy atom. The molecule has 15 heavy (non-hydrogen) atoms. The van der Waals surface area contributed by atoms with E-state index in [1.807, 2.05) is 12.1 Å². The van der Waals surface area contributed by atoms with Gasteiger partial charge in [0.25, 0.3) is 0 Å². The van der Waals surface area contributed by atoms with Gasteiger partial charge in [0.2, 0.25) is 0 Å². The molecule has 2 rings (SSSR count). The molecular formula is C11H13N3O. The summed E-state index contributed by atoms with van der Waals surface area (Å²) in [5.74, 6) is 0. The third-order valence-electron chi connectivity index (χ3n) is 2.64. The molecule has 4 nitrogen and oxygen atoms in total. The second kappa shape index (κ2) is 4.39. The van der Waals surface area contributed by atoms with Gasteiger partial charge < -0.3 is 5.11 Å². The first kappa shape index (κ1) is 10.1. The molecule has 1 N–H and O–H groups in total. The van der Waals surface area contributed by atoms with Crippen molar-refractivity contribution in [2.45, 2.75) is 19.1 Å². The topological polar surface area (TPSA) is 60.2 Å². The molecule has 1 atom stereocenters. The van der Waals surface area contributed by atoms with E-state index in [0.717, 1.165) is 18.5 Å². The number of aromatic nitrogens is 1. The number of aliphatic hydroxyl groups is 1. The molecule has 0 aliphatic carbocycles. The van der Waals surface area contributed by atoms with Crippen LogP contribution in [0.3, 0.4) is 0 Å². The van der Waals surface area contributed by atoms with Crippen LogP contribution in [0, 0.1) is 11.3 Å². The van der Waals surface area contributed by atoms with Crippen LogP contribution in [0.25, 0.3) is 0 Å². The third kappa shape index (κ3) is 2.32. The Balaban J connectivity index is 2.08. The second-order valence-electron chi connectivity index (χ2n) is 3.80. The molecule has 0 bridgehead atoms. The average Bonchev–Trinajstić information content (AvgIpc) is 2.65. The minimum absolute atomic E-state index is 0.216. The van der Waals surface area contributed by atoms with Crippen molar-refractivity contribution in [3.05, 3.63) is 29.6 Å². The second-order valence-corrected chi connectivity index (χ2v) is 3.80. The normalized spacial score (nSPS) is 21.5. The molecular weight excluding hydrogens is 190 g/mol. The maximum absolute atomic E-state index is 9.38. The fourth-order valence-electron chi connectivity index (χ4n) is 1.86. The van der Waals surface area contributed by atoms with E-state index >= 15 is 0 Å². The van der Waals surface area contributed by atoms with Gasteiger partial charge in [-0.25, -0.2) is 4.98 Å². The summed E-state index contributed by atoms with van der Waals surface area (Å²) in [6, 6.07) is 5.83. The molecule has 0 spiro atoms. The standard InChI is InChI=1S/C11H13N3O/c12-6-11-9(2-1-4-13-11)7-14-5-3-10(15)8-14/h1-2,4,10,15H,3,5,7-8H2/t10-/m0/s1. The van der Waals surface area contributed by atoms with Crippen molar-refractivity contribution in [2.24, 2.45) is 0 Å². The lowest BCUT2D eigenvalue weighted by Gasteiger charge is -2.14. The molecule has 1 saturated heterocycles. The Hall–Kier alpha value is -1.44. The van der Waals surface area contributed by atoms with Crippen LogP contribution in [-0.2, 0) is 6.54 Å². The molecule has 0 radical (unpaired) electrons. The Morgan fingerprint density at radius 2 is 2.53 bits per heavy atom. The number of aliphatic hydroxyl groups excluding tert-OH is 1. The smallest absolute Gasteiger partial charge is 0.144 e. The molecule has 1 aromatic rings. The highest BCUT2D eigenvalue weighted by Gasteiger charge is 2.20. The van der Waals surface area contributed by atoms with E-state index in [-0.39, 0.29) is 6.10 Å². The predicted molar refractivity (Wildman–Crippen MR) is 54.9 cm³/mol. The Kier molecular flexibility index (Phi) is 2.95. The van der Waals surface area contributed by atoms with Gasteiger partial charge >= 0.3 is 0 Å². The van der Waals surface area contributed by atoms with Crippen molar-refractivity contribution < 1.29 is 5.11 Å². The zero-order valence-electron chi connectivity index (χ0n) is 8.43. The van der Waals surface area contributed by atoms with Crippen LogP contribution in [0.5, 0.6) is 0 Å². The number of hydrogen-bond acceptors (Lipinski definition) is 4.